The fraction of sp³-hybridized carbons (Fsp3) is 0.667. The summed E-state index contributed by atoms with van der Waals surface area (Å²) in [6.07, 6.45) is 4.61. The SMILES string of the molecule is CC(=O)OC=C1CCC(O)CC1. The van der Waals surface area contributed by atoms with Crippen molar-refractivity contribution >= 4 is 5.97 Å². The summed E-state index contributed by atoms with van der Waals surface area (Å²) in [7, 11) is 0. The number of aliphatic hydroxyl groups excluding tert-OH is 1. The Kier molecular flexibility index (Phi) is 3.29. The second kappa shape index (κ2) is 4.26. The third-order valence-electron chi connectivity index (χ3n) is 1.99. The number of carbonyl (C=O) groups is 1. The van der Waals surface area contributed by atoms with Gasteiger partial charge >= 0.3 is 5.97 Å². The molecule has 1 saturated carbocycles. The molecule has 1 N–H and O–H groups in total. The molecule has 68 valence electrons. The van der Waals surface area contributed by atoms with Gasteiger partial charge < -0.3 is 9.84 Å². The Balaban J connectivity index is 2.33. The van der Waals surface area contributed by atoms with E-state index in [2.05, 4.69) is 0 Å². The minimum atomic E-state index is -0.284. The van der Waals surface area contributed by atoms with Crippen molar-refractivity contribution in [3.05, 3.63) is 11.8 Å². The molecule has 0 heterocycles. The van der Waals surface area contributed by atoms with Crippen molar-refractivity contribution in [1.82, 2.24) is 0 Å². The standard InChI is InChI=1S/C9H14O3/c1-7(10)12-6-8-2-4-9(11)5-3-8/h6,9,11H,2-5H2,1H3. The van der Waals surface area contributed by atoms with Crippen LogP contribution in [0.5, 0.6) is 0 Å². The van der Waals surface area contributed by atoms with Gasteiger partial charge in [-0.1, -0.05) is 0 Å². The highest BCUT2D eigenvalue weighted by Gasteiger charge is 2.13. The minimum absolute atomic E-state index is 0.167. The Morgan fingerprint density at radius 3 is 2.67 bits per heavy atom. The first kappa shape index (κ1) is 9.26. The van der Waals surface area contributed by atoms with Crippen LogP contribution in [0.1, 0.15) is 32.6 Å². The van der Waals surface area contributed by atoms with Gasteiger partial charge in [0, 0.05) is 6.92 Å². The van der Waals surface area contributed by atoms with Crippen molar-refractivity contribution in [2.75, 3.05) is 0 Å². The monoisotopic (exact) mass is 170 g/mol. The first-order valence-corrected chi connectivity index (χ1v) is 4.21. The van der Waals surface area contributed by atoms with Crippen LogP contribution in [0.2, 0.25) is 0 Å². The zero-order valence-electron chi connectivity index (χ0n) is 7.25. The summed E-state index contributed by atoms with van der Waals surface area (Å²) in [5.74, 6) is -0.284. The van der Waals surface area contributed by atoms with Crippen molar-refractivity contribution in [3.8, 4) is 0 Å². The summed E-state index contributed by atoms with van der Waals surface area (Å²) in [6.45, 7) is 1.38. The molecule has 0 spiro atoms. The molecule has 0 amide bonds. The summed E-state index contributed by atoms with van der Waals surface area (Å²) in [6, 6.07) is 0. The highest BCUT2D eigenvalue weighted by molar-refractivity contribution is 5.66. The lowest BCUT2D eigenvalue weighted by molar-refractivity contribution is -0.135. The fourth-order valence-corrected chi connectivity index (χ4v) is 1.26. The molecule has 0 saturated heterocycles. The summed E-state index contributed by atoms with van der Waals surface area (Å²) in [5, 5.41) is 9.17. The van der Waals surface area contributed by atoms with Crippen LogP contribution in [0.3, 0.4) is 0 Å². The second-order valence-corrected chi connectivity index (χ2v) is 3.12. The van der Waals surface area contributed by atoms with Gasteiger partial charge in [-0.2, -0.15) is 0 Å². The smallest absolute Gasteiger partial charge is 0.307 e. The van der Waals surface area contributed by atoms with E-state index in [1.54, 1.807) is 0 Å². The fourth-order valence-electron chi connectivity index (χ4n) is 1.26. The molecule has 0 aromatic rings. The maximum absolute atomic E-state index is 10.4. The van der Waals surface area contributed by atoms with Gasteiger partial charge in [0.15, 0.2) is 0 Å². The topological polar surface area (TPSA) is 46.5 Å². The number of hydrogen-bond acceptors (Lipinski definition) is 3. The van der Waals surface area contributed by atoms with Crippen LogP contribution in [0.4, 0.5) is 0 Å². The Bertz CT molecular complexity index is 186. The van der Waals surface area contributed by atoms with Crippen LogP contribution in [-0.4, -0.2) is 17.2 Å². The van der Waals surface area contributed by atoms with E-state index >= 15 is 0 Å². The molecular weight excluding hydrogens is 156 g/mol. The van der Waals surface area contributed by atoms with Crippen LogP contribution < -0.4 is 0 Å². The Hall–Kier alpha value is -0.830. The lowest BCUT2D eigenvalue weighted by Gasteiger charge is -2.18. The predicted molar refractivity (Wildman–Crippen MR) is 44.3 cm³/mol. The van der Waals surface area contributed by atoms with Gasteiger partial charge in [-0.25, -0.2) is 0 Å². The first-order valence-electron chi connectivity index (χ1n) is 4.21. The van der Waals surface area contributed by atoms with E-state index in [0.29, 0.717) is 0 Å². The van der Waals surface area contributed by atoms with E-state index in [1.807, 2.05) is 0 Å². The maximum Gasteiger partial charge on any atom is 0.307 e. The zero-order chi connectivity index (χ0) is 8.97. The second-order valence-electron chi connectivity index (χ2n) is 3.12. The highest BCUT2D eigenvalue weighted by Crippen LogP contribution is 2.23. The number of hydrogen-bond donors (Lipinski definition) is 1. The molecule has 0 aliphatic heterocycles. The number of allylic oxidation sites excluding steroid dienone is 1. The van der Waals surface area contributed by atoms with Crippen LogP contribution in [0.15, 0.2) is 11.8 Å². The number of carbonyl (C=O) groups excluding carboxylic acids is 1. The Morgan fingerprint density at radius 2 is 2.17 bits per heavy atom. The van der Waals surface area contributed by atoms with E-state index in [-0.39, 0.29) is 12.1 Å². The molecule has 0 unspecified atom stereocenters. The third-order valence-corrected chi connectivity index (χ3v) is 1.99. The van der Waals surface area contributed by atoms with Crippen molar-refractivity contribution < 1.29 is 14.6 Å². The van der Waals surface area contributed by atoms with Gasteiger partial charge in [0.2, 0.25) is 0 Å². The van der Waals surface area contributed by atoms with E-state index in [0.717, 1.165) is 31.3 Å². The van der Waals surface area contributed by atoms with Crippen molar-refractivity contribution in [2.45, 2.75) is 38.7 Å². The van der Waals surface area contributed by atoms with Gasteiger partial charge in [0.1, 0.15) is 0 Å². The summed E-state index contributed by atoms with van der Waals surface area (Å²) in [4.78, 5) is 10.4. The molecule has 1 aliphatic carbocycles. The number of rotatable bonds is 1. The molecule has 1 fully saturated rings. The molecule has 0 aromatic carbocycles. The molecule has 3 nitrogen and oxygen atoms in total. The molecule has 1 aliphatic rings. The Morgan fingerprint density at radius 1 is 1.58 bits per heavy atom. The molecule has 0 aromatic heterocycles. The normalized spacial score (nSPS) is 23.5. The van der Waals surface area contributed by atoms with E-state index < -0.39 is 0 Å². The predicted octanol–water partition coefficient (Wildman–Crippen LogP) is 1.37. The van der Waals surface area contributed by atoms with Gasteiger partial charge in [0.25, 0.3) is 0 Å². The molecule has 1 rings (SSSR count). The maximum atomic E-state index is 10.4. The van der Waals surface area contributed by atoms with E-state index in [9.17, 15) is 4.79 Å². The van der Waals surface area contributed by atoms with Gasteiger partial charge in [-0.15, -0.1) is 0 Å². The van der Waals surface area contributed by atoms with Crippen LogP contribution >= 0.6 is 0 Å². The quantitative estimate of drug-likeness (QED) is 0.477. The first-order chi connectivity index (χ1) is 5.68. The third kappa shape index (κ3) is 3.05. The molecule has 3 heteroatoms. The van der Waals surface area contributed by atoms with Crippen molar-refractivity contribution in [2.24, 2.45) is 0 Å². The Labute approximate surface area is 72.0 Å². The van der Waals surface area contributed by atoms with Gasteiger partial charge in [-0.3, -0.25) is 4.79 Å². The van der Waals surface area contributed by atoms with E-state index in [1.165, 1.54) is 13.2 Å². The number of esters is 1. The number of aliphatic hydroxyl groups is 1. The van der Waals surface area contributed by atoms with Gasteiger partial charge in [0.05, 0.1) is 12.4 Å². The van der Waals surface area contributed by atoms with Crippen molar-refractivity contribution in [1.29, 1.82) is 0 Å². The van der Waals surface area contributed by atoms with Crippen LogP contribution in [0, 0.1) is 0 Å². The average Bonchev–Trinajstić information content (AvgIpc) is 2.03. The molecular formula is C9H14O3. The molecule has 0 atom stereocenters. The highest BCUT2D eigenvalue weighted by atomic mass is 16.5. The molecule has 0 radical (unpaired) electrons. The van der Waals surface area contributed by atoms with Gasteiger partial charge in [-0.05, 0) is 31.3 Å². The summed E-state index contributed by atoms with van der Waals surface area (Å²) >= 11 is 0. The zero-order valence-corrected chi connectivity index (χ0v) is 7.25. The summed E-state index contributed by atoms with van der Waals surface area (Å²) in [5.41, 5.74) is 1.12. The lowest BCUT2D eigenvalue weighted by Crippen LogP contribution is -2.12. The number of ether oxygens (including phenoxy) is 1. The van der Waals surface area contributed by atoms with Crippen LogP contribution in [-0.2, 0) is 9.53 Å². The minimum Gasteiger partial charge on any atom is -0.435 e. The van der Waals surface area contributed by atoms with Crippen molar-refractivity contribution in [3.63, 3.8) is 0 Å². The average molecular weight is 170 g/mol. The lowest BCUT2D eigenvalue weighted by atomic mass is 9.94. The molecule has 12 heavy (non-hydrogen) atoms. The van der Waals surface area contributed by atoms with Crippen LogP contribution in [0.25, 0.3) is 0 Å². The largest absolute Gasteiger partial charge is 0.435 e. The van der Waals surface area contributed by atoms with E-state index in [4.69, 9.17) is 9.84 Å². The molecule has 0 bridgehead atoms. The summed E-state index contributed by atoms with van der Waals surface area (Å²) < 4.78 is 4.73.